The van der Waals surface area contributed by atoms with Crippen LogP contribution in [0.2, 0.25) is 0 Å². The van der Waals surface area contributed by atoms with Crippen LogP contribution < -0.4 is 14.8 Å². The SMILES string of the molecule is COc1ccc(S(=O)(=O)N[C@H]2CNC[C@@H]2OC)cc1F.Cl. The van der Waals surface area contributed by atoms with E-state index in [1.165, 1.54) is 26.4 Å². The summed E-state index contributed by atoms with van der Waals surface area (Å²) in [6.45, 7) is 1.04. The molecule has 21 heavy (non-hydrogen) atoms. The molecular formula is C12H18ClFN2O4S. The van der Waals surface area contributed by atoms with Crippen molar-refractivity contribution in [2.45, 2.75) is 17.0 Å². The van der Waals surface area contributed by atoms with Gasteiger partial charge in [0.25, 0.3) is 0 Å². The summed E-state index contributed by atoms with van der Waals surface area (Å²) in [5.41, 5.74) is 0. The average Bonchev–Trinajstić information content (AvgIpc) is 2.85. The molecule has 2 atom stereocenters. The lowest BCUT2D eigenvalue weighted by atomic mass is 10.2. The smallest absolute Gasteiger partial charge is 0.241 e. The molecule has 1 aliphatic rings. The second-order valence-corrected chi connectivity index (χ2v) is 6.17. The maximum Gasteiger partial charge on any atom is 0.241 e. The Morgan fingerprint density at radius 2 is 2.05 bits per heavy atom. The minimum absolute atomic E-state index is 0. The number of nitrogens with one attached hydrogen (secondary N) is 2. The summed E-state index contributed by atoms with van der Waals surface area (Å²) in [5.74, 6) is -0.718. The van der Waals surface area contributed by atoms with E-state index in [1.54, 1.807) is 0 Å². The number of hydrogen-bond donors (Lipinski definition) is 2. The molecular weight excluding hydrogens is 323 g/mol. The molecule has 0 spiro atoms. The van der Waals surface area contributed by atoms with E-state index in [1.807, 2.05) is 0 Å². The number of benzene rings is 1. The van der Waals surface area contributed by atoms with E-state index in [0.717, 1.165) is 6.07 Å². The molecule has 9 heteroatoms. The van der Waals surface area contributed by atoms with Gasteiger partial charge in [-0.2, -0.15) is 0 Å². The Morgan fingerprint density at radius 3 is 2.62 bits per heavy atom. The summed E-state index contributed by atoms with van der Waals surface area (Å²) < 4.78 is 50.4. The molecule has 2 N–H and O–H groups in total. The maximum absolute atomic E-state index is 13.6. The van der Waals surface area contributed by atoms with E-state index in [0.29, 0.717) is 13.1 Å². The van der Waals surface area contributed by atoms with E-state index in [2.05, 4.69) is 10.0 Å². The van der Waals surface area contributed by atoms with E-state index >= 15 is 0 Å². The van der Waals surface area contributed by atoms with Crippen molar-refractivity contribution in [3.63, 3.8) is 0 Å². The van der Waals surface area contributed by atoms with Gasteiger partial charge >= 0.3 is 0 Å². The molecule has 2 rings (SSSR count). The van der Waals surface area contributed by atoms with E-state index in [4.69, 9.17) is 9.47 Å². The summed E-state index contributed by atoms with van der Waals surface area (Å²) in [5, 5.41) is 3.03. The third-order valence-corrected chi connectivity index (χ3v) is 4.69. The highest BCUT2D eigenvalue weighted by Gasteiger charge is 2.31. The van der Waals surface area contributed by atoms with Crippen molar-refractivity contribution in [3.8, 4) is 5.75 Å². The first-order valence-corrected chi connectivity index (χ1v) is 7.55. The fourth-order valence-electron chi connectivity index (χ4n) is 2.10. The number of sulfonamides is 1. The van der Waals surface area contributed by atoms with E-state index < -0.39 is 15.8 Å². The number of methoxy groups -OCH3 is 2. The molecule has 6 nitrogen and oxygen atoms in total. The van der Waals surface area contributed by atoms with Gasteiger partial charge in [-0.05, 0) is 18.2 Å². The third kappa shape index (κ3) is 4.04. The van der Waals surface area contributed by atoms with Gasteiger partial charge in [0.05, 0.1) is 24.2 Å². The van der Waals surface area contributed by atoms with E-state index in [-0.39, 0.29) is 35.2 Å². The van der Waals surface area contributed by atoms with E-state index in [9.17, 15) is 12.8 Å². The summed E-state index contributed by atoms with van der Waals surface area (Å²) in [4.78, 5) is -0.141. The molecule has 0 aromatic heterocycles. The summed E-state index contributed by atoms with van der Waals surface area (Å²) in [7, 11) is -0.962. The van der Waals surface area contributed by atoms with Crippen LogP contribution in [0.25, 0.3) is 0 Å². The van der Waals surface area contributed by atoms with Crippen LogP contribution in [-0.4, -0.2) is 47.9 Å². The van der Waals surface area contributed by atoms with Crippen LogP contribution in [0.15, 0.2) is 23.1 Å². The summed E-state index contributed by atoms with van der Waals surface area (Å²) in [6, 6.07) is 3.14. The van der Waals surface area contributed by atoms with Crippen molar-refractivity contribution >= 4 is 22.4 Å². The normalized spacial score (nSPS) is 21.9. The molecule has 0 bridgehead atoms. The van der Waals surface area contributed by atoms with Crippen LogP contribution in [0.3, 0.4) is 0 Å². The van der Waals surface area contributed by atoms with Crippen LogP contribution in [-0.2, 0) is 14.8 Å². The Morgan fingerprint density at radius 1 is 1.33 bits per heavy atom. The van der Waals surface area contributed by atoms with Crippen molar-refractivity contribution in [3.05, 3.63) is 24.0 Å². The van der Waals surface area contributed by atoms with Gasteiger partial charge < -0.3 is 14.8 Å². The Balaban J connectivity index is 0.00000220. The number of rotatable bonds is 5. The van der Waals surface area contributed by atoms with Gasteiger partial charge in [-0.3, -0.25) is 0 Å². The fraction of sp³-hybridized carbons (Fsp3) is 0.500. The minimum Gasteiger partial charge on any atom is -0.494 e. The van der Waals surface area contributed by atoms with Gasteiger partial charge in [-0.25, -0.2) is 17.5 Å². The fourth-order valence-corrected chi connectivity index (χ4v) is 3.38. The lowest BCUT2D eigenvalue weighted by Crippen LogP contribution is -2.43. The van der Waals surface area contributed by atoms with Gasteiger partial charge in [0, 0.05) is 20.2 Å². The molecule has 1 aromatic rings. The molecule has 1 aliphatic heterocycles. The summed E-state index contributed by atoms with van der Waals surface area (Å²) >= 11 is 0. The molecule has 1 heterocycles. The predicted molar refractivity (Wildman–Crippen MR) is 78.0 cm³/mol. The van der Waals surface area contributed by atoms with Crippen molar-refractivity contribution in [2.75, 3.05) is 27.3 Å². The van der Waals surface area contributed by atoms with Gasteiger partial charge in [0.1, 0.15) is 0 Å². The highest BCUT2D eigenvalue weighted by atomic mass is 35.5. The van der Waals surface area contributed by atoms with Crippen LogP contribution in [0.5, 0.6) is 5.75 Å². The van der Waals surface area contributed by atoms with Crippen molar-refractivity contribution < 1.29 is 22.3 Å². The minimum atomic E-state index is -3.80. The zero-order valence-electron chi connectivity index (χ0n) is 11.6. The lowest BCUT2D eigenvalue weighted by molar-refractivity contribution is 0.103. The zero-order valence-corrected chi connectivity index (χ0v) is 13.3. The van der Waals surface area contributed by atoms with Crippen molar-refractivity contribution in [1.29, 1.82) is 0 Å². The molecule has 0 aliphatic carbocycles. The van der Waals surface area contributed by atoms with Crippen LogP contribution in [0, 0.1) is 5.82 Å². The highest BCUT2D eigenvalue weighted by molar-refractivity contribution is 7.89. The lowest BCUT2D eigenvalue weighted by Gasteiger charge is -2.18. The van der Waals surface area contributed by atoms with Gasteiger partial charge in [0.2, 0.25) is 10.0 Å². The zero-order chi connectivity index (χ0) is 14.8. The molecule has 1 saturated heterocycles. The predicted octanol–water partition coefficient (Wildman–Crippen LogP) is 0.521. The monoisotopic (exact) mass is 340 g/mol. The van der Waals surface area contributed by atoms with Gasteiger partial charge in [-0.1, -0.05) is 0 Å². The van der Waals surface area contributed by atoms with Gasteiger partial charge in [0.15, 0.2) is 11.6 Å². The first-order valence-electron chi connectivity index (χ1n) is 6.07. The molecule has 120 valence electrons. The maximum atomic E-state index is 13.6. The van der Waals surface area contributed by atoms with Crippen molar-refractivity contribution in [1.82, 2.24) is 10.0 Å². The van der Waals surface area contributed by atoms with Crippen LogP contribution in [0.4, 0.5) is 4.39 Å². The topological polar surface area (TPSA) is 76.7 Å². The number of halogens is 2. The van der Waals surface area contributed by atoms with Crippen LogP contribution >= 0.6 is 12.4 Å². The Bertz CT molecular complexity index is 585. The molecule has 1 aromatic carbocycles. The standard InChI is InChI=1S/C12H17FN2O4S.ClH/c1-18-11-4-3-8(5-9(11)13)20(16,17)15-10-6-14-7-12(10)19-2;/h3-5,10,12,14-15H,6-7H2,1-2H3;1H/t10-,12-;/m0./s1. The molecule has 0 radical (unpaired) electrons. The first kappa shape index (κ1) is 18.1. The molecule has 0 unspecified atom stereocenters. The Hall–Kier alpha value is -0.930. The second-order valence-electron chi connectivity index (χ2n) is 4.46. The Labute approximate surface area is 129 Å². The average molecular weight is 341 g/mol. The largest absolute Gasteiger partial charge is 0.494 e. The molecule has 1 fully saturated rings. The number of hydrogen-bond acceptors (Lipinski definition) is 5. The van der Waals surface area contributed by atoms with Crippen LogP contribution in [0.1, 0.15) is 0 Å². The molecule has 0 amide bonds. The highest BCUT2D eigenvalue weighted by Crippen LogP contribution is 2.21. The third-order valence-electron chi connectivity index (χ3n) is 3.20. The molecule has 0 saturated carbocycles. The van der Waals surface area contributed by atoms with Crippen molar-refractivity contribution in [2.24, 2.45) is 0 Å². The Kier molecular flexibility index (Phi) is 6.36. The summed E-state index contributed by atoms with van der Waals surface area (Å²) in [6.07, 6.45) is -0.243. The quantitative estimate of drug-likeness (QED) is 0.817. The number of ether oxygens (including phenoxy) is 2. The first-order chi connectivity index (χ1) is 9.47. The second kappa shape index (κ2) is 7.37. The van der Waals surface area contributed by atoms with Gasteiger partial charge in [-0.15, -0.1) is 12.4 Å².